The van der Waals surface area contributed by atoms with Crippen LogP contribution in [0.4, 0.5) is 0 Å². The van der Waals surface area contributed by atoms with Crippen LogP contribution in [0.2, 0.25) is 0 Å². The Kier molecular flexibility index (Phi) is 10.4. The van der Waals surface area contributed by atoms with E-state index >= 15 is 0 Å². The first-order valence-electron chi connectivity index (χ1n) is 10.5. The molecule has 1 saturated heterocycles. The number of piperidine rings is 1. The summed E-state index contributed by atoms with van der Waals surface area (Å²) in [4.78, 5) is 29.0. The number of carbonyl (C=O) groups is 2. The monoisotopic (exact) mass is 430 g/mol. The van der Waals surface area contributed by atoms with E-state index < -0.39 is 0 Å². The molecule has 2 aromatic rings. The van der Waals surface area contributed by atoms with Gasteiger partial charge in [-0.15, -0.1) is 12.4 Å². The number of hydrogen-bond donors (Lipinski definition) is 2. The summed E-state index contributed by atoms with van der Waals surface area (Å²) in [5, 5.41) is 3.20. The van der Waals surface area contributed by atoms with Crippen molar-refractivity contribution in [2.75, 3.05) is 13.1 Å². The van der Waals surface area contributed by atoms with Gasteiger partial charge in [0.2, 0.25) is 0 Å². The first-order chi connectivity index (χ1) is 14.2. The normalized spacial score (nSPS) is 13.9. The number of carbonyl (C=O) groups excluding carboxylic acids is 2. The smallest absolute Gasteiger partial charge is 0.335 e. The van der Waals surface area contributed by atoms with Crippen LogP contribution in [-0.2, 0) is 33.7 Å². The summed E-state index contributed by atoms with van der Waals surface area (Å²) < 4.78 is 0. The predicted molar refractivity (Wildman–Crippen MR) is 120 cm³/mol. The molecule has 0 bridgehead atoms. The maximum atomic E-state index is 12.0. The lowest BCUT2D eigenvalue weighted by Crippen LogP contribution is -2.36. The quantitative estimate of drug-likeness (QED) is 0.494. The van der Waals surface area contributed by atoms with Gasteiger partial charge in [0.25, 0.3) is 5.91 Å². The number of amides is 1. The molecule has 2 N–H and O–H groups in total. The van der Waals surface area contributed by atoms with Crippen molar-refractivity contribution in [3.63, 3.8) is 0 Å². The largest absolute Gasteiger partial charge is 0.340 e. The third-order valence-corrected chi connectivity index (χ3v) is 5.35. The van der Waals surface area contributed by atoms with Gasteiger partial charge < -0.3 is 10.2 Å². The van der Waals surface area contributed by atoms with Crippen molar-refractivity contribution in [3.8, 4) is 0 Å². The third-order valence-electron chi connectivity index (χ3n) is 5.35. The molecule has 1 aliphatic heterocycles. The molecule has 1 aliphatic rings. The van der Waals surface area contributed by atoms with Crippen LogP contribution in [0.25, 0.3) is 0 Å². The molecule has 0 atom stereocenters. The predicted octanol–water partition coefficient (Wildman–Crippen LogP) is 3.79. The van der Waals surface area contributed by atoms with Gasteiger partial charge in [-0.25, -0.2) is 4.79 Å². The molecule has 3 rings (SSSR count). The topological polar surface area (TPSA) is 67.4 Å². The van der Waals surface area contributed by atoms with Gasteiger partial charge in [0, 0.05) is 0 Å². The van der Waals surface area contributed by atoms with Crippen LogP contribution < -0.4 is 10.8 Å². The summed E-state index contributed by atoms with van der Waals surface area (Å²) in [7, 11) is 0. The Balaban J connectivity index is 0.00000320. The Morgan fingerprint density at radius 2 is 1.43 bits per heavy atom. The van der Waals surface area contributed by atoms with E-state index in [1.54, 1.807) is 0 Å². The molecule has 0 aromatic heterocycles. The molecule has 0 aliphatic carbocycles. The van der Waals surface area contributed by atoms with Gasteiger partial charge in [-0.3, -0.25) is 4.79 Å². The van der Waals surface area contributed by atoms with E-state index in [4.69, 9.17) is 4.84 Å². The zero-order valence-corrected chi connectivity index (χ0v) is 18.1. The highest BCUT2D eigenvalue weighted by Crippen LogP contribution is 2.13. The zero-order valence-electron chi connectivity index (χ0n) is 17.3. The zero-order chi connectivity index (χ0) is 20.3. The fourth-order valence-corrected chi connectivity index (χ4v) is 3.60. The third kappa shape index (κ3) is 8.17. The van der Waals surface area contributed by atoms with Gasteiger partial charge in [0.1, 0.15) is 0 Å². The number of halogens is 1. The molecule has 0 spiro atoms. The second-order valence-electron chi connectivity index (χ2n) is 7.66. The number of aryl methyl sites for hydroxylation is 2. The number of benzene rings is 2. The fourth-order valence-electron chi connectivity index (χ4n) is 3.60. The van der Waals surface area contributed by atoms with E-state index in [0.29, 0.717) is 0 Å². The summed E-state index contributed by atoms with van der Waals surface area (Å²) in [6.07, 6.45) is 6.15. The highest BCUT2D eigenvalue weighted by Gasteiger charge is 2.23. The standard InChI is InChI=1S/C24H30N2O3.ClH/c27-23(26-29-24(28)22-14-16-25-17-15-22)18-21-12-10-20(11-13-21)9-5-4-8-19-6-2-1-3-7-19;/h1-3,6-7,10-13,22,25H,4-5,8-9,14-18H2,(H,26,27);1H. The van der Waals surface area contributed by atoms with Crippen LogP contribution in [-0.4, -0.2) is 25.0 Å². The van der Waals surface area contributed by atoms with Crippen molar-refractivity contribution in [1.29, 1.82) is 0 Å². The van der Waals surface area contributed by atoms with Crippen LogP contribution in [0.3, 0.4) is 0 Å². The number of rotatable bonds is 8. The maximum Gasteiger partial charge on any atom is 0.335 e. The van der Waals surface area contributed by atoms with E-state index in [2.05, 4.69) is 47.2 Å². The molecular weight excluding hydrogens is 400 g/mol. The van der Waals surface area contributed by atoms with Crippen LogP contribution >= 0.6 is 12.4 Å². The van der Waals surface area contributed by atoms with Crippen molar-refractivity contribution in [2.24, 2.45) is 5.92 Å². The lowest BCUT2D eigenvalue weighted by Gasteiger charge is -2.20. The van der Waals surface area contributed by atoms with E-state index in [-0.39, 0.29) is 36.6 Å². The van der Waals surface area contributed by atoms with E-state index in [1.165, 1.54) is 11.1 Å². The molecular formula is C24H31ClN2O3. The van der Waals surface area contributed by atoms with E-state index in [1.807, 2.05) is 18.2 Å². The Hall–Kier alpha value is -2.37. The highest BCUT2D eigenvalue weighted by molar-refractivity contribution is 5.85. The molecule has 30 heavy (non-hydrogen) atoms. The number of unbranched alkanes of at least 4 members (excludes halogenated alkanes) is 1. The van der Waals surface area contributed by atoms with E-state index in [0.717, 1.165) is 57.2 Å². The minimum atomic E-state index is -0.342. The van der Waals surface area contributed by atoms with Gasteiger partial charge in [-0.05, 0) is 68.3 Å². The van der Waals surface area contributed by atoms with Crippen molar-refractivity contribution < 1.29 is 14.4 Å². The summed E-state index contributed by atoms with van der Waals surface area (Å²) in [6, 6.07) is 18.6. The molecule has 2 aromatic carbocycles. The molecule has 162 valence electrons. The SMILES string of the molecule is Cl.O=C(Cc1ccc(CCCCc2ccccc2)cc1)NOC(=O)C1CCNCC1. The molecule has 1 fully saturated rings. The van der Waals surface area contributed by atoms with Crippen LogP contribution in [0, 0.1) is 5.92 Å². The highest BCUT2D eigenvalue weighted by atomic mass is 35.5. The van der Waals surface area contributed by atoms with Crippen molar-refractivity contribution in [2.45, 2.75) is 44.9 Å². The number of hydrogen-bond acceptors (Lipinski definition) is 4. The second-order valence-corrected chi connectivity index (χ2v) is 7.66. The molecule has 1 heterocycles. The average Bonchev–Trinajstić information content (AvgIpc) is 2.77. The minimum Gasteiger partial charge on any atom is -0.340 e. The van der Waals surface area contributed by atoms with Crippen molar-refractivity contribution in [1.82, 2.24) is 10.8 Å². The molecule has 5 nitrogen and oxygen atoms in total. The summed E-state index contributed by atoms with van der Waals surface area (Å²) in [5.74, 6) is -0.772. The summed E-state index contributed by atoms with van der Waals surface area (Å²) in [6.45, 7) is 1.62. The lowest BCUT2D eigenvalue weighted by atomic mass is 9.99. The fraction of sp³-hybridized carbons (Fsp3) is 0.417. The van der Waals surface area contributed by atoms with Gasteiger partial charge in [0.15, 0.2) is 0 Å². The van der Waals surface area contributed by atoms with Gasteiger partial charge in [0.05, 0.1) is 12.3 Å². The van der Waals surface area contributed by atoms with Gasteiger partial charge >= 0.3 is 5.97 Å². The first kappa shape index (κ1) is 23.9. The minimum absolute atomic E-state index is 0. The summed E-state index contributed by atoms with van der Waals surface area (Å²) in [5.41, 5.74) is 5.86. The Morgan fingerprint density at radius 1 is 0.867 bits per heavy atom. The first-order valence-corrected chi connectivity index (χ1v) is 10.5. The van der Waals surface area contributed by atoms with Crippen molar-refractivity contribution in [3.05, 3.63) is 71.3 Å². The Bertz CT molecular complexity index is 775. The van der Waals surface area contributed by atoms with Gasteiger partial charge in [-0.2, -0.15) is 5.48 Å². The number of nitrogens with one attached hydrogen (secondary N) is 2. The van der Waals surface area contributed by atoms with E-state index in [9.17, 15) is 9.59 Å². The molecule has 0 radical (unpaired) electrons. The van der Waals surface area contributed by atoms with Crippen LogP contribution in [0.1, 0.15) is 42.4 Å². The average molecular weight is 431 g/mol. The molecule has 6 heteroatoms. The Labute approximate surface area is 185 Å². The summed E-state index contributed by atoms with van der Waals surface area (Å²) >= 11 is 0. The Morgan fingerprint density at radius 3 is 2.07 bits per heavy atom. The molecule has 0 saturated carbocycles. The van der Waals surface area contributed by atoms with Gasteiger partial charge in [-0.1, -0.05) is 54.6 Å². The lowest BCUT2D eigenvalue weighted by molar-refractivity contribution is -0.162. The number of hydroxylamine groups is 1. The van der Waals surface area contributed by atoms with Crippen molar-refractivity contribution >= 4 is 24.3 Å². The molecule has 0 unspecified atom stereocenters. The van der Waals surface area contributed by atoms with Crippen LogP contribution in [0.5, 0.6) is 0 Å². The second kappa shape index (κ2) is 13.0. The maximum absolute atomic E-state index is 12.0. The van der Waals surface area contributed by atoms with Crippen LogP contribution in [0.15, 0.2) is 54.6 Å². The molecule has 1 amide bonds.